The third-order valence-corrected chi connectivity index (χ3v) is 6.12. The Morgan fingerprint density at radius 3 is 2.30 bits per heavy atom. The number of H-pyrrole nitrogens is 2. The van der Waals surface area contributed by atoms with Gasteiger partial charge in [-0.3, -0.25) is 9.59 Å². The average Bonchev–Trinajstić information content (AvgIpc) is 3.54. The maximum absolute atomic E-state index is 13.4. The van der Waals surface area contributed by atoms with Crippen molar-refractivity contribution in [1.29, 1.82) is 0 Å². The third kappa shape index (κ3) is 8.32. The smallest absolute Gasteiger partial charge is 0.408 e. The highest BCUT2D eigenvalue weighted by molar-refractivity contribution is 5.93. The van der Waals surface area contributed by atoms with Crippen molar-refractivity contribution in [3.05, 3.63) is 54.2 Å². The Morgan fingerprint density at radius 1 is 0.950 bits per heavy atom. The third-order valence-electron chi connectivity index (χ3n) is 6.12. The average molecular weight is 555 g/mol. The Kier molecular flexibility index (Phi) is 9.92. The first-order valence-electron chi connectivity index (χ1n) is 13.1. The van der Waals surface area contributed by atoms with Crippen molar-refractivity contribution >= 4 is 34.8 Å². The quantitative estimate of drug-likeness (QED) is 0.227. The Labute approximate surface area is 233 Å². The van der Waals surface area contributed by atoms with Gasteiger partial charge in [0.1, 0.15) is 23.7 Å². The lowest BCUT2D eigenvalue weighted by Crippen LogP contribution is -2.58. The Bertz CT molecular complexity index is 1310. The minimum Gasteiger partial charge on any atom is -0.467 e. The predicted molar refractivity (Wildman–Crippen MR) is 148 cm³/mol. The maximum atomic E-state index is 13.4. The Morgan fingerprint density at radius 2 is 1.68 bits per heavy atom. The second kappa shape index (κ2) is 13.1. The number of ether oxygens (including phenoxy) is 2. The molecule has 1 aromatic carbocycles. The number of methoxy groups -OCH3 is 1. The van der Waals surface area contributed by atoms with Crippen LogP contribution in [-0.2, 0) is 36.7 Å². The lowest BCUT2D eigenvalue weighted by atomic mass is 10.00. The highest BCUT2D eigenvalue weighted by Crippen LogP contribution is 2.19. The second-order valence-electron chi connectivity index (χ2n) is 10.8. The van der Waals surface area contributed by atoms with Crippen LogP contribution in [0.5, 0.6) is 0 Å². The number of nitrogens with one attached hydrogen (secondary N) is 5. The number of aromatic nitrogens is 3. The van der Waals surface area contributed by atoms with E-state index >= 15 is 0 Å². The van der Waals surface area contributed by atoms with E-state index in [1.165, 1.54) is 13.4 Å². The van der Waals surface area contributed by atoms with Gasteiger partial charge in [0.05, 0.1) is 19.1 Å². The molecule has 216 valence electrons. The van der Waals surface area contributed by atoms with Crippen LogP contribution >= 0.6 is 0 Å². The summed E-state index contributed by atoms with van der Waals surface area (Å²) < 4.78 is 10.3. The fourth-order valence-electron chi connectivity index (χ4n) is 4.18. The lowest BCUT2D eigenvalue weighted by molar-refractivity contribution is -0.145. The molecule has 0 fully saturated rings. The zero-order valence-electron chi connectivity index (χ0n) is 23.7. The molecule has 12 heteroatoms. The van der Waals surface area contributed by atoms with E-state index < -0.39 is 47.6 Å². The van der Waals surface area contributed by atoms with Gasteiger partial charge in [-0.25, -0.2) is 14.6 Å². The summed E-state index contributed by atoms with van der Waals surface area (Å²) in [6, 6.07) is 4.55. The zero-order chi connectivity index (χ0) is 29.4. The van der Waals surface area contributed by atoms with E-state index in [0.717, 1.165) is 16.5 Å². The van der Waals surface area contributed by atoms with Gasteiger partial charge < -0.3 is 35.4 Å². The molecule has 3 aromatic rings. The molecule has 3 unspecified atom stereocenters. The summed E-state index contributed by atoms with van der Waals surface area (Å²) in [6.07, 6.45) is 4.32. The van der Waals surface area contributed by atoms with E-state index in [2.05, 4.69) is 30.9 Å². The predicted octanol–water partition coefficient (Wildman–Crippen LogP) is 2.37. The summed E-state index contributed by atoms with van der Waals surface area (Å²) in [7, 11) is 1.25. The molecule has 3 rings (SSSR count). The molecular weight excluding hydrogens is 516 g/mol. The highest BCUT2D eigenvalue weighted by atomic mass is 16.6. The SMILES string of the molecule is COC(=O)C(Cc1c[nH]c2ccccc12)NC(=O)C(NC(=O)C(Cc1c[nH]cn1)NC(=O)OC(C)(C)C)C(C)C. The van der Waals surface area contributed by atoms with Crippen LogP contribution in [0.25, 0.3) is 10.9 Å². The number of carbonyl (C=O) groups is 4. The number of rotatable bonds is 11. The van der Waals surface area contributed by atoms with Crippen LogP contribution in [0.2, 0.25) is 0 Å². The van der Waals surface area contributed by atoms with E-state index in [9.17, 15) is 19.2 Å². The number of alkyl carbamates (subject to hydrolysis) is 1. The number of benzene rings is 1. The van der Waals surface area contributed by atoms with Gasteiger partial charge in [0.15, 0.2) is 0 Å². The van der Waals surface area contributed by atoms with Gasteiger partial charge in [0, 0.05) is 36.1 Å². The standard InChI is InChI=1S/C28H38N6O6/c1-16(2)23(34-24(35)21(12-18-14-29-15-31-18)33-27(38)40-28(3,4)5)25(36)32-22(26(37)39-6)11-17-13-30-20-10-8-7-9-19(17)20/h7-10,13-16,21-23,30H,11-12H2,1-6H3,(H,29,31)(H,32,36)(H,33,38)(H,34,35). The normalized spacial score (nSPS) is 13.8. The van der Waals surface area contributed by atoms with Crippen LogP contribution in [0.3, 0.4) is 0 Å². The summed E-state index contributed by atoms with van der Waals surface area (Å²) in [5.41, 5.74) is 1.49. The molecule has 0 bridgehead atoms. The molecule has 0 radical (unpaired) electrons. The number of nitrogens with zero attached hydrogens (tertiary/aromatic N) is 1. The summed E-state index contributed by atoms with van der Waals surface area (Å²) in [4.78, 5) is 62.0. The number of carbonyl (C=O) groups excluding carboxylic acids is 4. The molecule has 3 amide bonds. The van der Waals surface area contributed by atoms with Crippen LogP contribution in [-0.4, -0.2) is 69.7 Å². The second-order valence-corrected chi connectivity index (χ2v) is 10.8. The van der Waals surface area contributed by atoms with Gasteiger partial charge in [-0.2, -0.15) is 0 Å². The number of esters is 1. The van der Waals surface area contributed by atoms with Gasteiger partial charge in [-0.1, -0.05) is 32.0 Å². The largest absolute Gasteiger partial charge is 0.467 e. The Hall–Kier alpha value is -4.35. The number of hydrogen-bond donors (Lipinski definition) is 5. The lowest BCUT2D eigenvalue weighted by Gasteiger charge is -2.27. The number of fused-ring (bicyclic) bond motifs is 1. The minimum absolute atomic E-state index is 0.0619. The summed E-state index contributed by atoms with van der Waals surface area (Å²) in [5.74, 6) is -2.12. The number of amides is 3. The van der Waals surface area contributed by atoms with Crippen molar-refractivity contribution < 1.29 is 28.7 Å². The molecule has 2 heterocycles. The van der Waals surface area contributed by atoms with Crippen molar-refractivity contribution in [1.82, 2.24) is 30.9 Å². The van der Waals surface area contributed by atoms with Gasteiger partial charge >= 0.3 is 12.1 Å². The van der Waals surface area contributed by atoms with Crippen LogP contribution in [0, 0.1) is 5.92 Å². The maximum Gasteiger partial charge on any atom is 0.408 e. The molecule has 0 aliphatic heterocycles. The molecule has 0 saturated carbocycles. The molecule has 0 saturated heterocycles. The fraction of sp³-hybridized carbons (Fsp3) is 0.464. The molecule has 2 aromatic heterocycles. The van der Waals surface area contributed by atoms with Crippen LogP contribution in [0.4, 0.5) is 4.79 Å². The van der Waals surface area contributed by atoms with E-state index in [4.69, 9.17) is 9.47 Å². The number of hydrogen-bond acceptors (Lipinski definition) is 7. The summed E-state index contributed by atoms with van der Waals surface area (Å²) >= 11 is 0. The van der Waals surface area contributed by atoms with Crippen molar-refractivity contribution in [2.45, 2.75) is 71.2 Å². The van der Waals surface area contributed by atoms with Gasteiger partial charge in [-0.15, -0.1) is 0 Å². The monoisotopic (exact) mass is 554 g/mol. The van der Waals surface area contributed by atoms with Crippen molar-refractivity contribution in [3.63, 3.8) is 0 Å². The molecule has 5 N–H and O–H groups in total. The van der Waals surface area contributed by atoms with Crippen LogP contribution in [0.1, 0.15) is 45.9 Å². The molecule has 0 aliphatic rings. The van der Waals surface area contributed by atoms with Gasteiger partial charge in [0.25, 0.3) is 0 Å². The highest BCUT2D eigenvalue weighted by Gasteiger charge is 2.33. The molecule has 40 heavy (non-hydrogen) atoms. The first-order valence-corrected chi connectivity index (χ1v) is 13.1. The van der Waals surface area contributed by atoms with Crippen molar-refractivity contribution in [2.75, 3.05) is 7.11 Å². The Balaban J connectivity index is 1.76. The molecule has 0 spiro atoms. The topological polar surface area (TPSA) is 167 Å². The van der Waals surface area contributed by atoms with E-state index in [-0.39, 0.29) is 18.8 Å². The zero-order valence-corrected chi connectivity index (χ0v) is 23.7. The van der Waals surface area contributed by atoms with E-state index in [0.29, 0.717) is 5.69 Å². The first kappa shape index (κ1) is 30.2. The number of para-hydroxylation sites is 1. The van der Waals surface area contributed by atoms with E-state index in [1.54, 1.807) is 47.0 Å². The minimum atomic E-state index is -1.07. The van der Waals surface area contributed by atoms with Gasteiger partial charge in [0.2, 0.25) is 11.8 Å². The van der Waals surface area contributed by atoms with Crippen molar-refractivity contribution in [3.8, 4) is 0 Å². The first-order chi connectivity index (χ1) is 18.9. The van der Waals surface area contributed by atoms with Crippen LogP contribution in [0.15, 0.2) is 43.0 Å². The molecular formula is C28H38N6O6. The van der Waals surface area contributed by atoms with E-state index in [1.807, 2.05) is 24.3 Å². The van der Waals surface area contributed by atoms with Crippen molar-refractivity contribution in [2.24, 2.45) is 5.92 Å². The number of aromatic amines is 2. The fourth-order valence-corrected chi connectivity index (χ4v) is 4.18. The summed E-state index contributed by atoms with van der Waals surface area (Å²) in [6.45, 7) is 8.66. The molecule has 0 aliphatic carbocycles. The van der Waals surface area contributed by atoms with Gasteiger partial charge in [-0.05, 0) is 38.3 Å². The number of imidazole rings is 1. The van der Waals surface area contributed by atoms with Crippen LogP contribution < -0.4 is 16.0 Å². The molecule has 12 nitrogen and oxygen atoms in total. The molecule has 3 atom stereocenters. The summed E-state index contributed by atoms with van der Waals surface area (Å²) in [5, 5.41) is 8.97.